The van der Waals surface area contributed by atoms with Crippen molar-refractivity contribution in [2.75, 3.05) is 0 Å². The third-order valence-corrected chi connectivity index (χ3v) is 5.75. The maximum atomic E-state index is 8.98. The van der Waals surface area contributed by atoms with Crippen molar-refractivity contribution in [3.8, 4) is 6.07 Å². The van der Waals surface area contributed by atoms with E-state index in [1.807, 2.05) is 6.07 Å². The van der Waals surface area contributed by atoms with E-state index < -0.39 is 0 Å². The number of nitrogens with zero attached hydrogens (tertiary/aromatic N) is 3. The van der Waals surface area contributed by atoms with Gasteiger partial charge in [0.15, 0.2) is 5.69 Å². The van der Waals surface area contributed by atoms with Gasteiger partial charge >= 0.3 is 0 Å². The van der Waals surface area contributed by atoms with Gasteiger partial charge in [-0.25, -0.2) is 0 Å². The first-order valence-electron chi connectivity index (χ1n) is 7.60. The monoisotopic (exact) mass is 255 g/mol. The summed E-state index contributed by atoms with van der Waals surface area (Å²) in [5.41, 5.74) is 2.22. The number of hydrogen-bond acceptors (Lipinski definition) is 2. The molecule has 5 rings (SSSR count). The minimum absolute atomic E-state index is 0.498. The molecule has 1 heterocycles. The van der Waals surface area contributed by atoms with Crippen molar-refractivity contribution in [3.63, 3.8) is 0 Å². The van der Waals surface area contributed by atoms with Gasteiger partial charge < -0.3 is 0 Å². The summed E-state index contributed by atoms with van der Waals surface area (Å²) in [7, 11) is 0. The van der Waals surface area contributed by atoms with Gasteiger partial charge in [-0.15, -0.1) is 0 Å². The second-order valence-electron chi connectivity index (χ2n) is 7.36. The molecule has 100 valence electrons. The van der Waals surface area contributed by atoms with Crippen molar-refractivity contribution in [1.29, 1.82) is 5.26 Å². The lowest BCUT2D eigenvalue weighted by Gasteiger charge is -2.56. The van der Waals surface area contributed by atoms with E-state index in [2.05, 4.69) is 22.8 Å². The Bertz CT molecular complexity index is 514. The van der Waals surface area contributed by atoms with Crippen molar-refractivity contribution in [2.24, 2.45) is 23.2 Å². The summed E-state index contributed by atoms with van der Waals surface area (Å²) in [6.07, 6.45) is 8.67. The van der Waals surface area contributed by atoms with E-state index in [1.54, 1.807) is 0 Å². The van der Waals surface area contributed by atoms with Crippen LogP contribution < -0.4 is 0 Å². The van der Waals surface area contributed by atoms with Gasteiger partial charge in [-0.2, -0.15) is 10.4 Å². The molecule has 0 radical (unpaired) electrons. The number of nitriles is 1. The minimum atomic E-state index is 0.498. The number of aromatic nitrogens is 2. The lowest BCUT2D eigenvalue weighted by molar-refractivity contribution is -0.0638. The van der Waals surface area contributed by atoms with E-state index in [4.69, 9.17) is 5.26 Å². The maximum absolute atomic E-state index is 8.98. The largest absolute Gasteiger partial charge is 0.268 e. The van der Waals surface area contributed by atoms with Crippen LogP contribution in [0.2, 0.25) is 0 Å². The Balaban J connectivity index is 1.62. The topological polar surface area (TPSA) is 41.6 Å². The van der Waals surface area contributed by atoms with Gasteiger partial charge in [-0.3, -0.25) is 4.68 Å². The van der Waals surface area contributed by atoms with E-state index >= 15 is 0 Å². The molecule has 4 aliphatic carbocycles. The molecule has 0 amide bonds. The fraction of sp³-hybridized carbons (Fsp3) is 0.750. The number of aryl methyl sites for hydroxylation is 1. The minimum Gasteiger partial charge on any atom is -0.268 e. The van der Waals surface area contributed by atoms with Gasteiger partial charge in [0.1, 0.15) is 6.07 Å². The van der Waals surface area contributed by atoms with E-state index in [-0.39, 0.29) is 0 Å². The standard InChI is InChI=1S/C16H21N3/c1-11-2-15(9-17)18-19(11)10-16-6-12-3-13(7-16)5-14(4-12)8-16/h2,12-14H,3-8,10H2,1H3. The van der Waals surface area contributed by atoms with Gasteiger partial charge in [0.25, 0.3) is 0 Å². The van der Waals surface area contributed by atoms with Crippen LogP contribution in [0.1, 0.15) is 49.9 Å². The summed E-state index contributed by atoms with van der Waals surface area (Å²) in [5.74, 6) is 2.95. The van der Waals surface area contributed by atoms with Crippen molar-refractivity contribution < 1.29 is 0 Å². The Morgan fingerprint density at radius 1 is 1.26 bits per heavy atom. The summed E-state index contributed by atoms with van der Waals surface area (Å²) in [6.45, 7) is 3.12. The predicted octanol–water partition coefficient (Wildman–Crippen LogP) is 3.28. The van der Waals surface area contributed by atoms with Crippen LogP contribution in [0.25, 0.3) is 0 Å². The molecule has 0 aromatic carbocycles. The molecular formula is C16H21N3. The zero-order valence-corrected chi connectivity index (χ0v) is 11.6. The van der Waals surface area contributed by atoms with Crippen LogP contribution in [0.4, 0.5) is 0 Å². The van der Waals surface area contributed by atoms with Gasteiger partial charge in [0, 0.05) is 12.2 Å². The highest BCUT2D eigenvalue weighted by Gasteiger charge is 2.51. The highest BCUT2D eigenvalue weighted by atomic mass is 15.3. The molecular weight excluding hydrogens is 234 g/mol. The molecule has 4 bridgehead atoms. The van der Waals surface area contributed by atoms with Crippen LogP contribution in [0.3, 0.4) is 0 Å². The van der Waals surface area contributed by atoms with Gasteiger partial charge in [0.05, 0.1) is 0 Å². The normalized spacial score (nSPS) is 39.5. The van der Waals surface area contributed by atoms with E-state index in [9.17, 15) is 0 Å². The molecule has 4 aliphatic rings. The SMILES string of the molecule is Cc1cc(C#N)nn1CC12CC3CC(CC(C3)C1)C2. The molecule has 0 aliphatic heterocycles. The Morgan fingerprint density at radius 2 is 1.84 bits per heavy atom. The summed E-state index contributed by atoms with van der Waals surface area (Å²) in [4.78, 5) is 0. The molecule has 1 aromatic rings. The molecule has 0 N–H and O–H groups in total. The van der Waals surface area contributed by atoms with Crippen LogP contribution in [-0.2, 0) is 6.54 Å². The Kier molecular flexibility index (Phi) is 2.33. The third kappa shape index (κ3) is 1.81. The third-order valence-electron chi connectivity index (χ3n) is 5.75. The van der Waals surface area contributed by atoms with Crippen molar-refractivity contribution >= 4 is 0 Å². The smallest absolute Gasteiger partial charge is 0.162 e. The molecule has 0 spiro atoms. The van der Waals surface area contributed by atoms with Gasteiger partial charge in [-0.05, 0) is 74.7 Å². The van der Waals surface area contributed by atoms with Crippen molar-refractivity contribution in [3.05, 3.63) is 17.5 Å². The summed E-state index contributed by atoms with van der Waals surface area (Å²) in [6, 6.07) is 4.08. The second-order valence-corrected chi connectivity index (χ2v) is 7.36. The molecule has 1 aromatic heterocycles. The average molecular weight is 255 g/mol. The van der Waals surface area contributed by atoms with Crippen LogP contribution in [0, 0.1) is 41.4 Å². The Hall–Kier alpha value is -1.30. The predicted molar refractivity (Wildman–Crippen MR) is 72.3 cm³/mol. The van der Waals surface area contributed by atoms with E-state index in [0.717, 1.165) is 30.0 Å². The highest BCUT2D eigenvalue weighted by Crippen LogP contribution is 2.60. The summed E-state index contributed by atoms with van der Waals surface area (Å²) in [5, 5.41) is 13.4. The summed E-state index contributed by atoms with van der Waals surface area (Å²) < 4.78 is 2.10. The van der Waals surface area contributed by atoms with Crippen molar-refractivity contribution in [2.45, 2.75) is 52.0 Å². The fourth-order valence-electron chi connectivity index (χ4n) is 5.53. The number of rotatable bonds is 2. The molecule has 0 unspecified atom stereocenters. The summed E-state index contributed by atoms with van der Waals surface area (Å²) >= 11 is 0. The highest BCUT2D eigenvalue weighted by molar-refractivity contribution is 5.21. The van der Waals surface area contributed by atoms with E-state index in [0.29, 0.717) is 11.1 Å². The van der Waals surface area contributed by atoms with E-state index in [1.165, 1.54) is 38.5 Å². The molecule has 3 heteroatoms. The fourth-order valence-corrected chi connectivity index (χ4v) is 5.53. The molecule has 19 heavy (non-hydrogen) atoms. The first kappa shape index (κ1) is 11.5. The zero-order chi connectivity index (χ0) is 13.0. The Morgan fingerprint density at radius 3 is 2.32 bits per heavy atom. The molecule has 4 fully saturated rings. The molecule has 0 saturated heterocycles. The molecule has 0 atom stereocenters. The van der Waals surface area contributed by atoms with Gasteiger partial charge in [0.2, 0.25) is 0 Å². The second kappa shape index (κ2) is 3.85. The zero-order valence-electron chi connectivity index (χ0n) is 11.6. The molecule has 3 nitrogen and oxygen atoms in total. The first-order valence-corrected chi connectivity index (χ1v) is 7.60. The van der Waals surface area contributed by atoms with Crippen molar-refractivity contribution in [1.82, 2.24) is 9.78 Å². The molecule has 4 saturated carbocycles. The lowest BCUT2D eigenvalue weighted by atomic mass is 9.49. The maximum Gasteiger partial charge on any atom is 0.162 e. The van der Waals surface area contributed by atoms with Gasteiger partial charge in [-0.1, -0.05) is 0 Å². The Labute approximate surface area is 114 Å². The average Bonchev–Trinajstić information content (AvgIpc) is 2.67. The lowest BCUT2D eigenvalue weighted by Crippen LogP contribution is -2.48. The first-order chi connectivity index (χ1) is 9.16. The van der Waals surface area contributed by atoms with Crippen LogP contribution in [0.15, 0.2) is 6.07 Å². The number of hydrogen-bond donors (Lipinski definition) is 0. The van der Waals surface area contributed by atoms with Crippen LogP contribution >= 0.6 is 0 Å². The van der Waals surface area contributed by atoms with Crippen LogP contribution in [0.5, 0.6) is 0 Å². The van der Waals surface area contributed by atoms with Crippen LogP contribution in [-0.4, -0.2) is 9.78 Å². The quantitative estimate of drug-likeness (QED) is 0.813.